The third kappa shape index (κ3) is 2.85. The molecule has 26 heavy (non-hydrogen) atoms. The number of fused-ring (bicyclic) bond motifs is 2. The van der Waals surface area contributed by atoms with Crippen molar-refractivity contribution < 1.29 is 9.53 Å². The van der Waals surface area contributed by atoms with E-state index in [-0.39, 0.29) is 11.9 Å². The highest BCUT2D eigenvalue weighted by atomic mass is 16.5. The Morgan fingerprint density at radius 3 is 2.88 bits per heavy atom. The topological polar surface area (TPSA) is 91.9 Å². The summed E-state index contributed by atoms with van der Waals surface area (Å²) in [7, 11) is 0. The molecule has 1 aliphatic heterocycles. The SMILES string of the molecule is CC(C)[C@@H](Nc1ncnc2[nH]ccc12)c1ccc2c(c1)NC(=O)[C@@H](C)O2. The van der Waals surface area contributed by atoms with Crippen molar-refractivity contribution in [2.45, 2.75) is 32.9 Å². The van der Waals surface area contributed by atoms with Gasteiger partial charge in [0, 0.05) is 6.20 Å². The normalized spacial score (nSPS) is 17.5. The fourth-order valence-electron chi connectivity index (χ4n) is 3.19. The summed E-state index contributed by atoms with van der Waals surface area (Å²) in [5.74, 6) is 1.64. The maximum absolute atomic E-state index is 11.9. The van der Waals surface area contributed by atoms with Gasteiger partial charge in [-0.15, -0.1) is 0 Å². The largest absolute Gasteiger partial charge is 0.479 e. The van der Waals surface area contributed by atoms with E-state index in [1.807, 2.05) is 30.5 Å². The molecule has 1 aliphatic rings. The number of rotatable bonds is 4. The van der Waals surface area contributed by atoms with Gasteiger partial charge in [0.15, 0.2) is 6.10 Å². The van der Waals surface area contributed by atoms with Gasteiger partial charge >= 0.3 is 0 Å². The lowest BCUT2D eigenvalue weighted by atomic mass is 9.95. The average molecular weight is 351 g/mol. The predicted molar refractivity (Wildman–Crippen MR) is 100 cm³/mol. The number of hydrogen-bond acceptors (Lipinski definition) is 5. The number of aromatic amines is 1. The molecule has 3 N–H and O–H groups in total. The molecule has 0 unspecified atom stereocenters. The molecule has 134 valence electrons. The average Bonchev–Trinajstić information content (AvgIpc) is 3.09. The van der Waals surface area contributed by atoms with Crippen molar-refractivity contribution >= 4 is 28.4 Å². The highest BCUT2D eigenvalue weighted by molar-refractivity contribution is 5.97. The molecule has 0 saturated heterocycles. The number of benzene rings is 1. The highest BCUT2D eigenvalue weighted by Gasteiger charge is 2.25. The van der Waals surface area contributed by atoms with E-state index in [4.69, 9.17) is 4.74 Å². The minimum atomic E-state index is -0.477. The van der Waals surface area contributed by atoms with Gasteiger partial charge in [-0.3, -0.25) is 4.79 Å². The maximum Gasteiger partial charge on any atom is 0.265 e. The standard InChI is InChI=1S/C19H21N5O2/c1-10(2)16(24-18-13-6-7-20-17(13)21-9-22-18)12-4-5-15-14(8-12)23-19(25)11(3)26-15/h4-11,16H,1-3H3,(H,23,25)(H2,20,21,22,24)/t11-,16-/m1/s1. The molecular formula is C19H21N5O2. The molecule has 0 saturated carbocycles. The Morgan fingerprint density at radius 1 is 1.23 bits per heavy atom. The van der Waals surface area contributed by atoms with Crippen molar-refractivity contribution in [3.05, 3.63) is 42.4 Å². The molecule has 2 atom stereocenters. The van der Waals surface area contributed by atoms with Crippen LogP contribution in [0.25, 0.3) is 11.0 Å². The molecule has 1 aromatic carbocycles. The molecule has 3 aromatic rings. The monoisotopic (exact) mass is 351 g/mol. The zero-order valence-electron chi connectivity index (χ0n) is 14.9. The van der Waals surface area contributed by atoms with Gasteiger partial charge in [-0.25, -0.2) is 9.97 Å². The summed E-state index contributed by atoms with van der Waals surface area (Å²) in [6, 6.07) is 7.87. The molecule has 7 heteroatoms. The Balaban J connectivity index is 1.68. The summed E-state index contributed by atoms with van der Waals surface area (Å²) < 4.78 is 5.65. The van der Waals surface area contributed by atoms with Gasteiger partial charge in [-0.1, -0.05) is 19.9 Å². The highest BCUT2D eigenvalue weighted by Crippen LogP contribution is 2.35. The van der Waals surface area contributed by atoms with E-state index < -0.39 is 6.10 Å². The fourth-order valence-corrected chi connectivity index (χ4v) is 3.19. The number of nitrogens with one attached hydrogen (secondary N) is 3. The number of carbonyl (C=O) groups excluding carboxylic acids is 1. The van der Waals surface area contributed by atoms with Crippen LogP contribution in [0.3, 0.4) is 0 Å². The van der Waals surface area contributed by atoms with Crippen LogP contribution in [0, 0.1) is 5.92 Å². The first-order valence-electron chi connectivity index (χ1n) is 8.69. The first-order chi connectivity index (χ1) is 12.5. The van der Waals surface area contributed by atoms with Crippen LogP contribution in [0.5, 0.6) is 5.75 Å². The van der Waals surface area contributed by atoms with Gasteiger partial charge in [0.1, 0.15) is 23.5 Å². The number of ether oxygens (including phenoxy) is 1. The van der Waals surface area contributed by atoms with Gasteiger partial charge in [0.05, 0.1) is 17.1 Å². The molecule has 0 bridgehead atoms. The Hall–Kier alpha value is -3.09. The van der Waals surface area contributed by atoms with E-state index in [0.29, 0.717) is 17.4 Å². The summed E-state index contributed by atoms with van der Waals surface area (Å²) in [4.78, 5) is 23.6. The van der Waals surface area contributed by atoms with Crippen molar-refractivity contribution in [2.75, 3.05) is 10.6 Å². The molecule has 0 aliphatic carbocycles. The Morgan fingerprint density at radius 2 is 2.08 bits per heavy atom. The molecule has 0 spiro atoms. The smallest absolute Gasteiger partial charge is 0.265 e. The van der Waals surface area contributed by atoms with E-state index in [2.05, 4.69) is 39.4 Å². The number of hydrogen-bond donors (Lipinski definition) is 3. The summed E-state index contributed by atoms with van der Waals surface area (Å²) in [6.07, 6.45) is 2.91. The van der Waals surface area contributed by atoms with Gasteiger partial charge in [0.2, 0.25) is 0 Å². The lowest BCUT2D eigenvalue weighted by Crippen LogP contribution is -2.34. The molecule has 1 amide bonds. The molecular weight excluding hydrogens is 330 g/mol. The van der Waals surface area contributed by atoms with Crippen molar-refractivity contribution in [3.63, 3.8) is 0 Å². The summed E-state index contributed by atoms with van der Waals surface area (Å²) in [5, 5.41) is 7.38. The number of carbonyl (C=O) groups is 1. The number of anilines is 2. The zero-order chi connectivity index (χ0) is 18.3. The van der Waals surface area contributed by atoms with Crippen LogP contribution in [0.2, 0.25) is 0 Å². The van der Waals surface area contributed by atoms with Crippen LogP contribution >= 0.6 is 0 Å². The van der Waals surface area contributed by atoms with E-state index >= 15 is 0 Å². The molecule has 7 nitrogen and oxygen atoms in total. The second-order valence-electron chi connectivity index (χ2n) is 6.83. The number of H-pyrrole nitrogens is 1. The van der Waals surface area contributed by atoms with Crippen LogP contribution in [-0.4, -0.2) is 27.0 Å². The summed E-state index contributed by atoms with van der Waals surface area (Å²) >= 11 is 0. The first-order valence-corrected chi connectivity index (χ1v) is 8.69. The minimum Gasteiger partial charge on any atom is -0.479 e. The number of amides is 1. The molecule has 0 radical (unpaired) electrons. The van der Waals surface area contributed by atoms with E-state index in [1.165, 1.54) is 0 Å². The molecule has 4 rings (SSSR count). The van der Waals surface area contributed by atoms with Gasteiger partial charge < -0.3 is 20.4 Å². The van der Waals surface area contributed by atoms with Gasteiger partial charge in [-0.2, -0.15) is 0 Å². The lowest BCUT2D eigenvalue weighted by Gasteiger charge is -2.27. The molecule has 2 aromatic heterocycles. The predicted octanol–water partition coefficient (Wildman–Crippen LogP) is 3.49. The van der Waals surface area contributed by atoms with Crippen molar-refractivity contribution in [2.24, 2.45) is 5.92 Å². The molecule has 0 fully saturated rings. The quantitative estimate of drug-likeness (QED) is 0.669. The third-order valence-electron chi connectivity index (χ3n) is 4.61. The second-order valence-corrected chi connectivity index (χ2v) is 6.83. The third-order valence-corrected chi connectivity index (χ3v) is 4.61. The first kappa shape index (κ1) is 16.4. The van der Waals surface area contributed by atoms with Gasteiger partial charge in [-0.05, 0) is 36.6 Å². The number of nitrogens with zero attached hydrogens (tertiary/aromatic N) is 2. The summed E-state index contributed by atoms with van der Waals surface area (Å²) in [5.41, 5.74) is 2.55. The Bertz CT molecular complexity index is 965. The van der Waals surface area contributed by atoms with Crippen LogP contribution in [-0.2, 0) is 4.79 Å². The minimum absolute atomic E-state index is 0.0181. The van der Waals surface area contributed by atoms with Crippen LogP contribution in [0.4, 0.5) is 11.5 Å². The van der Waals surface area contributed by atoms with E-state index in [0.717, 1.165) is 22.4 Å². The van der Waals surface area contributed by atoms with Crippen molar-refractivity contribution in [1.82, 2.24) is 15.0 Å². The Labute approximate surface area is 151 Å². The summed E-state index contributed by atoms with van der Waals surface area (Å²) in [6.45, 7) is 6.02. The zero-order valence-corrected chi connectivity index (χ0v) is 14.9. The van der Waals surface area contributed by atoms with Crippen molar-refractivity contribution in [1.29, 1.82) is 0 Å². The Kier molecular flexibility index (Phi) is 3.99. The van der Waals surface area contributed by atoms with Crippen molar-refractivity contribution in [3.8, 4) is 5.75 Å². The van der Waals surface area contributed by atoms with Crippen LogP contribution in [0.15, 0.2) is 36.8 Å². The maximum atomic E-state index is 11.9. The lowest BCUT2D eigenvalue weighted by molar-refractivity contribution is -0.122. The molecule has 3 heterocycles. The second kappa shape index (κ2) is 6.33. The van der Waals surface area contributed by atoms with Crippen LogP contribution < -0.4 is 15.4 Å². The van der Waals surface area contributed by atoms with E-state index in [1.54, 1.807) is 13.3 Å². The van der Waals surface area contributed by atoms with Gasteiger partial charge in [0.25, 0.3) is 5.91 Å². The fraction of sp³-hybridized carbons (Fsp3) is 0.316. The van der Waals surface area contributed by atoms with Crippen LogP contribution in [0.1, 0.15) is 32.4 Å². The number of aromatic nitrogens is 3. The van der Waals surface area contributed by atoms with E-state index in [9.17, 15) is 4.79 Å².